The number of benzene rings is 2. The molecule has 0 saturated heterocycles. The number of primary amides is 1. The number of rotatable bonds is 8. The number of nitrogens with one attached hydrogen (secondary N) is 1. The van der Waals surface area contributed by atoms with Crippen LogP contribution in [0, 0.1) is 5.82 Å². The smallest absolute Gasteiger partial charge is 0.270 e. The van der Waals surface area contributed by atoms with Crippen molar-refractivity contribution >= 4 is 34.9 Å². The Labute approximate surface area is 212 Å². The minimum Gasteiger partial charge on any atom is -0.395 e. The van der Waals surface area contributed by atoms with Crippen molar-refractivity contribution in [3.05, 3.63) is 82.1 Å². The first-order valence-corrected chi connectivity index (χ1v) is 12.6. The molecule has 1 saturated carbocycles. The lowest BCUT2D eigenvalue weighted by Crippen LogP contribution is -2.49. The van der Waals surface area contributed by atoms with E-state index in [-0.39, 0.29) is 28.8 Å². The van der Waals surface area contributed by atoms with Gasteiger partial charge >= 0.3 is 0 Å². The van der Waals surface area contributed by atoms with E-state index in [4.69, 9.17) is 11.5 Å². The molecule has 1 atom stereocenters. The fraction of sp³-hybridized carbons (Fsp3) is 0.308. The van der Waals surface area contributed by atoms with E-state index >= 15 is 0 Å². The normalized spacial score (nSPS) is 14.7. The predicted molar refractivity (Wildman–Crippen MR) is 136 cm³/mol. The van der Waals surface area contributed by atoms with Gasteiger partial charge in [-0.1, -0.05) is 61.7 Å². The summed E-state index contributed by atoms with van der Waals surface area (Å²) in [6.45, 7) is 0.262. The molecular formula is C26H28FN5O3S. The standard InChI is InChI=1S/C26H28FN5O3S/c27-18-13-11-17(12-14-18)22(25(34)30-15-16-7-3-1-4-8-16)32(19-9-5-2-6-10-19)26(35)23-20(28)21(24(29)33)31-36-23/h1,3-4,7-8,11-14,19,22H,2,5-6,9-10,15,28H2,(H2,29,33)(H,30,34). The molecule has 1 heterocycles. The van der Waals surface area contributed by atoms with E-state index in [1.165, 1.54) is 29.2 Å². The molecule has 0 aliphatic heterocycles. The second kappa shape index (κ2) is 11.3. The van der Waals surface area contributed by atoms with Gasteiger partial charge in [0.05, 0.1) is 5.69 Å². The summed E-state index contributed by atoms with van der Waals surface area (Å²) in [5.41, 5.74) is 12.6. The van der Waals surface area contributed by atoms with E-state index in [1.54, 1.807) is 0 Å². The minimum atomic E-state index is -1.04. The van der Waals surface area contributed by atoms with Gasteiger partial charge in [0.1, 0.15) is 16.7 Å². The van der Waals surface area contributed by atoms with Crippen molar-refractivity contribution in [1.82, 2.24) is 14.6 Å². The fourth-order valence-corrected chi connectivity index (χ4v) is 5.31. The highest BCUT2D eigenvalue weighted by Crippen LogP contribution is 2.35. The molecule has 36 heavy (non-hydrogen) atoms. The Bertz CT molecular complexity index is 1230. The average Bonchev–Trinajstić information content (AvgIpc) is 3.29. The van der Waals surface area contributed by atoms with Crippen LogP contribution in [0.25, 0.3) is 0 Å². The SMILES string of the molecule is NC(=O)c1nsc(C(=O)N(C2CCCCC2)C(C(=O)NCc2ccccc2)c2ccc(F)cc2)c1N. The molecule has 2 aromatic carbocycles. The van der Waals surface area contributed by atoms with Crippen LogP contribution in [0.1, 0.15) is 69.4 Å². The van der Waals surface area contributed by atoms with Crippen LogP contribution < -0.4 is 16.8 Å². The van der Waals surface area contributed by atoms with Gasteiger partial charge in [-0.15, -0.1) is 0 Å². The zero-order valence-electron chi connectivity index (χ0n) is 19.7. The Balaban J connectivity index is 1.75. The number of aromatic nitrogens is 1. The summed E-state index contributed by atoms with van der Waals surface area (Å²) in [6, 6.07) is 13.7. The number of carbonyl (C=O) groups excluding carboxylic acids is 3. The molecule has 1 unspecified atom stereocenters. The maximum atomic E-state index is 14.0. The van der Waals surface area contributed by atoms with E-state index in [0.717, 1.165) is 36.4 Å². The summed E-state index contributed by atoms with van der Waals surface area (Å²) in [5, 5.41) is 2.93. The van der Waals surface area contributed by atoms with Crippen LogP contribution in [0.15, 0.2) is 54.6 Å². The molecule has 5 N–H and O–H groups in total. The van der Waals surface area contributed by atoms with Crippen LogP contribution in [-0.4, -0.2) is 33.0 Å². The third-order valence-corrected chi connectivity index (χ3v) is 7.23. The summed E-state index contributed by atoms with van der Waals surface area (Å²) in [7, 11) is 0. The lowest BCUT2D eigenvalue weighted by Gasteiger charge is -2.39. The van der Waals surface area contributed by atoms with Gasteiger partial charge in [0.25, 0.3) is 11.8 Å². The van der Waals surface area contributed by atoms with Crippen LogP contribution in [-0.2, 0) is 11.3 Å². The number of hydrogen-bond donors (Lipinski definition) is 3. The van der Waals surface area contributed by atoms with Gasteiger partial charge in [0.2, 0.25) is 5.91 Å². The van der Waals surface area contributed by atoms with Gasteiger partial charge in [-0.3, -0.25) is 14.4 Å². The topological polar surface area (TPSA) is 131 Å². The molecule has 3 amide bonds. The predicted octanol–water partition coefficient (Wildman–Crippen LogP) is 3.80. The third kappa shape index (κ3) is 5.54. The van der Waals surface area contributed by atoms with Crippen molar-refractivity contribution in [3.63, 3.8) is 0 Å². The van der Waals surface area contributed by atoms with Gasteiger partial charge in [-0.25, -0.2) is 4.39 Å². The molecule has 4 rings (SSSR count). The fourth-order valence-electron chi connectivity index (χ4n) is 4.56. The summed E-state index contributed by atoms with van der Waals surface area (Å²) in [6.07, 6.45) is 4.25. The van der Waals surface area contributed by atoms with Gasteiger partial charge in [0, 0.05) is 12.6 Å². The van der Waals surface area contributed by atoms with Crippen LogP contribution >= 0.6 is 11.5 Å². The number of nitrogens with zero attached hydrogens (tertiary/aromatic N) is 2. The Kier molecular flexibility index (Phi) is 7.94. The van der Waals surface area contributed by atoms with Crippen LogP contribution in [0.3, 0.4) is 0 Å². The zero-order valence-corrected chi connectivity index (χ0v) is 20.5. The second-order valence-corrected chi connectivity index (χ2v) is 9.57. The van der Waals surface area contributed by atoms with Crippen LogP contribution in [0.2, 0.25) is 0 Å². The van der Waals surface area contributed by atoms with E-state index in [9.17, 15) is 18.8 Å². The molecule has 0 spiro atoms. The van der Waals surface area contributed by atoms with Crippen molar-refractivity contribution in [3.8, 4) is 0 Å². The number of amides is 3. The molecule has 0 radical (unpaired) electrons. The minimum absolute atomic E-state index is 0.0531. The molecule has 10 heteroatoms. The van der Waals surface area contributed by atoms with E-state index in [0.29, 0.717) is 18.4 Å². The highest BCUT2D eigenvalue weighted by atomic mass is 32.1. The van der Waals surface area contributed by atoms with Gasteiger partial charge in [-0.05, 0) is 47.6 Å². The molecule has 188 valence electrons. The van der Waals surface area contributed by atoms with Gasteiger partial charge < -0.3 is 21.7 Å². The maximum Gasteiger partial charge on any atom is 0.270 e. The van der Waals surface area contributed by atoms with Crippen molar-refractivity contribution in [2.75, 3.05) is 5.73 Å². The Morgan fingerprint density at radius 2 is 1.72 bits per heavy atom. The first-order valence-electron chi connectivity index (χ1n) is 11.8. The number of nitrogen functional groups attached to an aromatic ring is 1. The third-order valence-electron chi connectivity index (χ3n) is 6.38. The summed E-state index contributed by atoms with van der Waals surface area (Å²) in [5.74, 6) is -2.19. The first kappa shape index (κ1) is 25.3. The van der Waals surface area contributed by atoms with Crippen molar-refractivity contribution in [2.45, 2.75) is 50.7 Å². The summed E-state index contributed by atoms with van der Waals surface area (Å²) < 4.78 is 17.8. The largest absolute Gasteiger partial charge is 0.395 e. The van der Waals surface area contributed by atoms with Crippen LogP contribution in [0.5, 0.6) is 0 Å². The second-order valence-electron chi connectivity index (χ2n) is 8.80. The molecule has 1 fully saturated rings. The lowest BCUT2D eigenvalue weighted by atomic mass is 9.91. The molecular weight excluding hydrogens is 481 g/mol. The van der Waals surface area contributed by atoms with E-state index in [1.807, 2.05) is 30.3 Å². The summed E-state index contributed by atoms with van der Waals surface area (Å²) in [4.78, 5) is 41.0. The zero-order chi connectivity index (χ0) is 25.7. The van der Waals surface area contributed by atoms with Gasteiger partial charge in [-0.2, -0.15) is 4.37 Å². The molecule has 1 aliphatic rings. The summed E-state index contributed by atoms with van der Waals surface area (Å²) >= 11 is 0.783. The molecule has 3 aromatic rings. The Hall–Kier alpha value is -3.79. The highest BCUT2D eigenvalue weighted by Gasteiger charge is 2.39. The monoisotopic (exact) mass is 509 g/mol. The number of nitrogens with two attached hydrogens (primary N) is 2. The van der Waals surface area contributed by atoms with Gasteiger partial charge in [0.15, 0.2) is 5.69 Å². The molecule has 8 nitrogen and oxygen atoms in total. The van der Waals surface area contributed by atoms with Crippen molar-refractivity contribution in [2.24, 2.45) is 5.73 Å². The first-order chi connectivity index (χ1) is 17.4. The Morgan fingerprint density at radius 1 is 1.06 bits per heavy atom. The van der Waals surface area contributed by atoms with Crippen molar-refractivity contribution < 1.29 is 18.8 Å². The molecule has 1 aliphatic carbocycles. The number of carbonyl (C=O) groups is 3. The molecule has 1 aromatic heterocycles. The number of hydrogen-bond acceptors (Lipinski definition) is 6. The molecule has 0 bridgehead atoms. The van der Waals surface area contributed by atoms with Crippen molar-refractivity contribution in [1.29, 1.82) is 0 Å². The number of anilines is 1. The van der Waals surface area contributed by atoms with E-state index < -0.39 is 29.6 Å². The number of halogens is 1. The quantitative estimate of drug-likeness (QED) is 0.425. The maximum absolute atomic E-state index is 14.0. The lowest BCUT2D eigenvalue weighted by molar-refractivity contribution is -0.127. The highest BCUT2D eigenvalue weighted by molar-refractivity contribution is 7.09. The average molecular weight is 510 g/mol. The van der Waals surface area contributed by atoms with Crippen LogP contribution in [0.4, 0.5) is 10.1 Å². The van der Waals surface area contributed by atoms with E-state index in [2.05, 4.69) is 9.69 Å². The Morgan fingerprint density at radius 3 is 2.33 bits per heavy atom.